The summed E-state index contributed by atoms with van der Waals surface area (Å²) in [5.74, 6) is 0. The molecular formula is C4H4LiSi. The van der Waals surface area contributed by atoms with Crippen molar-refractivity contribution in [3.05, 3.63) is 23.6 Å². The minimum atomic E-state index is 0. The molecule has 0 aromatic rings. The summed E-state index contributed by atoms with van der Waals surface area (Å²) in [4.78, 5) is 0. The summed E-state index contributed by atoms with van der Waals surface area (Å²) in [7, 11) is 0.948. The van der Waals surface area contributed by atoms with Gasteiger partial charge in [-0.3, -0.25) is 11.4 Å². The van der Waals surface area contributed by atoms with E-state index < -0.39 is 0 Å². The predicted octanol–water partition coefficient (Wildman–Crippen LogP) is -2.26. The Morgan fingerprint density at radius 3 is 1.67 bits per heavy atom. The van der Waals surface area contributed by atoms with Crippen LogP contribution in [-0.2, 0) is 0 Å². The quantitative estimate of drug-likeness (QED) is 0.292. The van der Waals surface area contributed by atoms with Gasteiger partial charge in [0.05, 0.1) is 0 Å². The normalized spacial score (nSPS) is 13.3. The second-order valence-electron chi connectivity index (χ2n) is 0.885. The van der Waals surface area contributed by atoms with Gasteiger partial charge in [0.2, 0.25) is 0 Å². The van der Waals surface area contributed by atoms with Gasteiger partial charge in [-0.25, -0.2) is 0 Å². The molecule has 1 radical (unpaired) electrons. The smallest absolute Gasteiger partial charge is 0.416 e. The van der Waals surface area contributed by atoms with Crippen LogP contribution in [0.4, 0.5) is 0 Å². The zero-order valence-electron chi connectivity index (χ0n) is 3.81. The van der Waals surface area contributed by atoms with Gasteiger partial charge in [0.25, 0.3) is 0 Å². The maximum absolute atomic E-state index is 2.15. The van der Waals surface area contributed by atoms with Crippen LogP contribution in [-0.4, -0.2) is 9.52 Å². The molecule has 0 unspecified atom stereocenters. The summed E-state index contributed by atoms with van der Waals surface area (Å²) >= 11 is 0. The molecule has 1 rings (SSSR count). The molecule has 0 aromatic heterocycles. The molecule has 6 heavy (non-hydrogen) atoms. The van der Waals surface area contributed by atoms with E-state index in [0.717, 1.165) is 9.52 Å². The summed E-state index contributed by atoms with van der Waals surface area (Å²) in [6, 6.07) is 0. The number of hydrogen-bond acceptors (Lipinski definition) is 0. The van der Waals surface area contributed by atoms with Crippen molar-refractivity contribution in [3.63, 3.8) is 0 Å². The first-order valence-corrected chi connectivity index (χ1v) is 2.73. The Morgan fingerprint density at radius 2 is 1.50 bits per heavy atom. The molecule has 0 atom stereocenters. The molecule has 0 amide bonds. The molecular weight excluding hydrogens is 83.1 g/mol. The molecule has 0 bridgehead atoms. The Kier molecular flexibility index (Phi) is 3.65. The Morgan fingerprint density at radius 1 is 1.00 bits per heavy atom. The van der Waals surface area contributed by atoms with Gasteiger partial charge in [0.15, 0.2) is 0 Å². The molecule has 0 saturated carbocycles. The molecule has 1 heterocycles. The van der Waals surface area contributed by atoms with Crippen molar-refractivity contribution in [2.75, 3.05) is 0 Å². The minimum Gasteiger partial charge on any atom is -0.416 e. The fourth-order valence-electron chi connectivity index (χ4n) is 0.278. The number of rotatable bonds is 0. The van der Waals surface area contributed by atoms with Crippen LogP contribution in [0.2, 0.25) is 0 Å². The van der Waals surface area contributed by atoms with E-state index in [9.17, 15) is 0 Å². The van der Waals surface area contributed by atoms with Crippen LogP contribution in [0.15, 0.2) is 23.6 Å². The summed E-state index contributed by atoms with van der Waals surface area (Å²) in [6.45, 7) is 0. The number of hydrogen-bond donors (Lipinski definition) is 0. The van der Waals surface area contributed by atoms with E-state index >= 15 is 0 Å². The van der Waals surface area contributed by atoms with E-state index in [2.05, 4.69) is 23.6 Å². The molecule has 0 saturated heterocycles. The van der Waals surface area contributed by atoms with Crippen LogP contribution >= 0.6 is 0 Å². The fourth-order valence-corrected chi connectivity index (χ4v) is 0.833. The van der Waals surface area contributed by atoms with Crippen LogP contribution < -0.4 is 18.9 Å². The van der Waals surface area contributed by atoms with Crippen LogP contribution in [0.5, 0.6) is 0 Å². The van der Waals surface area contributed by atoms with E-state index in [1.165, 1.54) is 0 Å². The van der Waals surface area contributed by atoms with Gasteiger partial charge in [0, 0.05) is 0 Å². The fraction of sp³-hybridized carbons (Fsp3) is 0. The van der Waals surface area contributed by atoms with Crippen molar-refractivity contribution in [2.24, 2.45) is 0 Å². The summed E-state index contributed by atoms with van der Waals surface area (Å²) in [6.07, 6.45) is 4.14. The number of allylic oxidation sites excluding steroid dienone is 2. The Hall–Kier alpha value is 0.294. The Bertz CT molecular complexity index is 65.6. The van der Waals surface area contributed by atoms with Crippen molar-refractivity contribution in [1.82, 2.24) is 0 Å². The van der Waals surface area contributed by atoms with Gasteiger partial charge in [-0.05, 0) is 0 Å². The molecule has 0 fully saturated rings. The molecule has 0 nitrogen and oxygen atoms in total. The van der Waals surface area contributed by atoms with Crippen molar-refractivity contribution in [3.8, 4) is 0 Å². The zero-order chi connectivity index (χ0) is 3.54. The van der Waals surface area contributed by atoms with Gasteiger partial charge in [-0.1, -0.05) is 0 Å². The van der Waals surface area contributed by atoms with Gasteiger partial charge < -0.3 is 9.52 Å². The molecule has 0 spiro atoms. The van der Waals surface area contributed by atoms with Gasteiger partial charge in [-0.15, -0.1) is 12.2 Å². The van der Waals surface area contributed by atoms with Gasteiger partial charge in [0.1, 0.15) is 0 Å². The average Bonchev–Trinajstić information content (AvgIpc) is 1.76. The third-order valence-corrected chi connectivity index (χ3v) is 1.27. The van der Waals surface area contributed by atoms with E-state index in [0.29, 0.717) is 0 Å². The van der Waals surface area contributed by atoms with Crippen molar-refractivity contribution in [1.29, 1.82) is 0 Å². The second kappa shape index (κ2) is 3.48. The largest absolute Gasteiger partial charge is 1.00 e. The van der Waals surface area contributed by atoms with Crippen LogP contribution in [0.3, 0.4) is 0 Å². The third kappa shape index (κ3) is 1.66. The minimum absolute atomic E-state index is 0. The Labute approximate surface area is 52.3 Å². The molecule has 25 valence electrons. The van der Waals surface area contributed by atoms with E-state index in [1.807, 2.05) is 0 Å². The maximum Gasteiger partial charge on any atom is 1.00 e. The van der Waals surface area contributed by atoms with Crippen LogP contribution in [0, 0.1) is 0 Å². The Balaban J connectivity index is 0.000000250. The maximum atomic E-state index is 2.15. The third-order valence-electron chi connectivity index (χ3n) is 0.496. The molecule has 0 aliphatic carbocycles. The topological polar surface area (TPSA) is 0 Å². The van der Waals surface area contributed by atoms with Crippen molar-refractivity contribution in [2.45, 2.75) is 0 Å². The van der Waals surface area contributed by atoms with Crippen molar-refractivity contribution < 1.29 is 18.9 Å². The summed E-state index contributed by atoms with van der Waals surface area (Å²) in [5.41, 5.74) is 4.31. The standard InChI is InChI=1S/C4H4Si.Li/c1-2-4-5-3-1;/h1-4H;/q-1;+1. The van der Waals surface area contributed by atoms with E-state index in [4.69, 9.17) is 0 Å². The first kappa shape index (κ1) is 6.29. The van der Waals surface area contributed by atoms with Crippen molar-refractivity contribution >= 4 is 9.52 Å². The monoisotopic (exact) mass is 87.0 g/mol. The molecule has 2 heteroatoms. The summed E-state index contributed by atoms with van der Waals surface area (Å²) < 4.78 is 0. The first-order valence-electron chi connectivity index (χ1n) is 1.58. The zero-order valence-corrected chi connectivity index (χ0v) is 4.81. The van der Waals surface area contributed by atoms with Crippen LogP contribution in [0.1, 0.15) is 0 Å². The first-order chi connectivity index (χ1) is 2.50. The predicted molar refractivity (Wildman–Crippen MR) is 24.0 cm³/mol. The molecule has 0 N–H and O–H groups in total. The SMILES string of the molecule is C1=C[Si-]C=C1.[Li+]. The molecule has 1 aliphatic heterocycles. The van der Waals surface area contributed by atoms with E-state index in [1.54, 1.807) is 0 Å². The average molecular weight is 87.1 g/mol. The van der Waals surface area contributed by atoms with E-state index in [-0.39, 0.29) is 18.9 Å². The molecule has 1 aliphatic rings. The summed E-state index contributed by atoms with van der Waals surface area (Å²) in [5, 5.41) is 0. The second-order valence-corrected chi connectivity index (χ2v) is 1.88. The van der Waals surface area contributed by atoms with Gasteiger partial charge in [-0.2, -0.15) is 0 Å². The molecule has 0 aromatic carbocycles. The van der Waals surface area contributed by atoms with Gasteiger partial charge >= 0.3 is 18.9 Å². The van der Waals surface area contributed by atoms with Crippen LogP contribution in [0.25, 0.3) is 0 Å².